The summed E-state index contributed by atoms with van der Waals surface area (Å²) in [6.07, 6.45) is 0.729. The number of aliphatic carboxylic acids is 1. The van der Waals surface area contributed by atoms with Crippen molar-refractivity contribution in [3.63, 3.8) is 0 Å². The standard InChI is InChI=1S/C30H34ClNO6S/c1-2-36-28(29(33)34)22-23-10-14-25(15-11-23)37-20-19-32(30(35)38-26-16-12-24(31)13-17-26)18-6-7-21-39-27-8-4-3-5-9-27/h3-5,8-17,28H,2,6-7,18-22H2,1H3,(H,33,34). The number of benzene rings is 3. The van der Waals surface area contributed by atoms with Crippen LogP contribution in [-0.4, -0.2) is 60.2 Å². The van der Waals surface area contributed by atoms with E-state index < -0.39 is 18.2 Å². The maximum atomic E-state index is 12.9. The molecule has 7 nitrogen and oxygen atoms in total. The summed E-state index contributed by atoms with van der Waals surface area (Å²) >= 11 is 7.74. The number of carboxylic acids is 1. The average molecular weight is 572 g/mol. The number of carbonyl (C=O) groups is 2. The number of carboxylic acid groups (broad SMARTS) is 1. The Morgan fingerprint density at radius 3 is 2.28 bits per heavy atom. The molecule has 0 aromatic heterocycles. The number of unbranched alkanes of at least 4 members (excludes halogenated alkanes) is 1. The van der Waals surface area contributed by atoms with Crippen LogP contribution in [0.15, 0.2) is 83.8 Å². The maximum absolute atomic E-state index is 12.9. The SMILES string of the molecule is CCOC(Cc1ccc(OCCN(CCCCSc2ccccc2)C(=O)Oc2ccc(Cl)cc2)cc1)C(=O)O. The lowest BCUT2D eigenvalue weighted by atomic mass is 10.1. The van der Waals surface area contributed by atoms with Gasteiger partial charge in [-0.3, -0.25) is 0 Å². The zero-order chi connectivity index (χ0) is 27.9. The van der Waals surface area contributed by atoms with Crippen molar-refractivity contribution < 1.29 is 28.9 Å². The predicted molar refractivity (Wildman–Crippen MR) is 154 cm³/mol. The minimum atomic E-state index is -0.985. The van der Waals surface area contributed by atoms with Gasteiger partial charge in [-0.2, -0.15) is 0 Å². The van der Waals surface area contributed by atoms with Gasteiger partial charge in [0.05, 0.1) is 6.54 Å². The van der Waals surface area contributed by atoms with Crippen molar-refractivity contribution in [3.05, 3.63) is 89.4 Å². The monoisotopic (exact) mass is 571 g/mol. The second-order valence-electron chi connectivity index (χ2n) is 8.66. The van der Waals surface area contributed by atoms with E-state index in [1.165, 1.54) is 4.90 Å². The fourth-order valence-electron chi connectivity index (χ4n) is 3.70. The highest BCUT2D eigenvalue weighted by Crippen LogP contribution is 2.20. The second-order valence-corrected chi connectivity index (χ2v) is 10.3. The van der Waals surface area contributed by atoms with Crippen LogP contribution >= 0.6 is 23.4 Å². The Bertz CT molecular complexity index is 1140. The lowest BCUT2D eigenvalue weighted by molar-refractivity contribution is -0.149. The van der Waals surface area contributed by atoms with E-state index in [9.17, 15) is 14.7 Å². The van der Waals surface area contributed by atoms with Crippen molar-refractivity contribution >= 4 is 35.4 Å². The molecule has 0 aliphatic rings. The summed E-state index contributed by atoms with van der Waals surface area (Å²) < 4.78 is 16.7. The molecule has 9 heteroatoms. The molecule has 0 aliphatic carbocycles. The highest BCUT2D eigenvalue weighted by atomic mass is 35.5. The maximum Gasteiger partial charge on any atom is 0.415 e. The lowest BCUT2D eigenvalue weighted by Crippen LogP contribution is -2.37. The Hall–Kier alpha value is -3.20. The summed E-state index contributed by atoms with van der Waals surface area (Å²) in [5.41, 5.74) is 0.838. The first-order valence-electron chi connectivity index (χ1n) is 12.9. The van der Waals surface area contributed by atoms with Crippen LogP contribution in [0.2, 0.25) is 5.02 Å². The van der Waals surface area contributed by atoms with E-state index in [-0.39, 0.29) is 13.0 Å². The van der Waals surface area contributed by atoms with E-state index in [0.717, 1.165) is 24.2 Å². The van der Waals surface area contributed by atoms with Gasteiger partial charge < -0.3 is 24.2 Å². The fraction of sp³-hybridized carbons (Fsp3) is 0.333. The molecule has 0 radical (unpaired) electrons. The molecule has 208 valence electrons. The summed E-state index contributed by atoms with van der Waals surface area (Å²) in [5, 5.41) is 9.85. The topological polar surface area (TPSA) is 85.3 Å². The van der Waals surface area contributed by atoms with Gasteiger partial charge in [-0.15, -0.1) is 11.8 Å². The molecule has 3 aromatic carbocycles. The largest absolute Gasteiger partial charge is 0.492 e. The number of halogens is 1. The van der Waals surface area contributed by atoms with Gasteiger partial charge in [0.25, 0.3) is 0 Å². The third kappa shape index (κ3) is 11.2. The van der Waals surface area contributed by atoms with Gasteiger partial charge in [-0.25, -0.2) is 9.59 Å². The molecule has 0 saturated heterocycles. The van der Waals surface area contributed by atoms with Crippen LogP contribution in [0.3, 0.4) is 0 Å². The molecule has 1 amide bonds. The Balaban J connectivity index is 1.50. The van der Waals surface area contributed by atoms with E-state index in [2.05, 4.69) is 12.1 Å². The normalized spacial score (nSPS) is 11.5. The molecule has 39 heavy (non-hydrogen) atoms. The highest BCUT2D eigenvalue weighted by molar-refractivity contribution is 7.99. The quantitative estimate of drug-likeness (QED) is 0.149. The Morgan fingerprint density at radius 2 is 1.62 bits per heavy atom. The molecular formula is C30H34ClNO6S. The first-order valence-corrected chi connectivity index (χ1v) is 14.3. The molecule has 0 heterocycles. The van der Waals surface area contributed by atoms with Crippen LogP contribution in [0.5, 0.6) is 11.5 Å². The minimum Gasteiger partial charge on any atom is -0.492 e. The zero-order valence-electron chi connectivity index (χ0n) is 22.0. The summed E-state index contributed by atoms with van der Waals surface area (Å²) in [6, 6.07) is 24.1. The van der Waals surface area contributed by atoms with Crippen LogP contribution in [0.4, 0.5) is 4.79 Å². The van der Waals surface area contributed by atoms with Crippen molar-refractivity contribution in [3.8, 4) is 11.5 Å². The van der Waals surface area contributed by atoms with Crippen molar-refractivity contribution in [2.45, 2.75) is 37.2 Å². The minimum absolute atomic E-state index is 0.274. The number of hydrogen-bond acceptors (Lipinski definition) is 6. The second kappa shape index (κ2) is 16.7. The first kappa shape index (κ1) is 30.3. The molecule has 0 spiro atoms. The van der Waals surface area contributed by atoms with Gasteiger partial charge in [-0.05, 0) is 79.6 Å². The fourth-order valence-corrected chi connectivity index (χ4v) is 4.76. The average Bonchev–Trinajstić information content (AvgIpc) is 2.94. The third-order valence-corrected chi connectivity index (χ3v) is 7.08. The van der Waals surface area contributed by atoms with E-state index in [1.54, 1.807) is 60.0 Å². The number of rotatable bonds is 16. The van der Waals surface area contributed by atoms with Gasteiger partial charge in [0.1, 0.15) is 18.1 Å². The van der Waals surface area contributed by atoms with Crippen LogP contribution in [-0.2, 0) is 16.0 Å². The smallest absolute Gasteiger partial charge is 0.415 e. The Labute approximate surface area is 239 Å². The van der Waals surface area contributed by atoms with Crippen molar-refractivity contribution in [1.82, 2.24) is 4.90 Å². The van der Waals surface area contributed by atoms with E-state index in [1.807, 2.05) is 30.3 Å². The zero-order valence-corrected chi connectivity index (χ0v) is 23.5. The molecule has 0 bridgehead atoms. The van der Waals surface area contributed by atoms with Crippen LogP contribution < -0.4 is 9.47 Å². The number of amides is 1. The number of thioether (sulfide) groups is 1. The number of hydrogen-bond donors (Lipinski definition) is 1. The summed E-state index contributed by atoms with van der Waals surface area (Å²) in [6.45, 7) is 3.28. The van der Waals surface area contributed by atoms with Gasteiger partial charge in [0.15, 0.2) is 6.10 Å². The summed E-state index contributed by atoms with van der Waals surface area (Å²) in [7, 11) is 0. The predicted octanol–water partition coefficient (Wildman–Crippen LogP) is 6.82. The Kier molecular flexibility index (Phi) is 13.0. The van der Waals surface area contributed by atoms with Crippen LogP contribution in [0.1, 0.15) is 25.3 Å². The number of carbonyl (C=O) groups excluding carboxylic acids is 1. The van der Waals surface area contributed by atoms with Crippen molar-refractivity contribution in [1.29, 1.82) is 0 Å². The van der Waals surface area contributed by atoms with Crippen LogP contribution in [0, 0.1) is 0 Å². The van der Waals surface area contributed by atoms with Gasteiger partial charge in [-0.1, -0.05) is 41.9 Å². The molecule has 0 saturated carbocycles. The molecule has 0 aliphatic heterocycles. The van der Waals surface area contributed by atoms with Crippen LogP contribution in [0.25, 0.3) is 0 Å². The van der Waals surface area contributed by atoms with Gasteiger partial charge >= 0.3 is 12.1 Å². The molecule has 1 atom stereocenters. The molecular weight excluding hydrogens is 538 g/mol. The van der Waals surface area contributed by atoms with Gasteiger partial charge in [0.2, 0.25) is 0 Å². The molecule has 1 N–H and O–H groups in total. The molecule has 3 aromatic rings. The molecule has 0 fully saturated rings. The first-order chi connectivity index (χ1) is 18.9. The lowest BCUT2D eigenvalue weighted by Gasteiger charge is -2.22. The van der Waals surface area contributed by atoms with E-state index in [4.69, 9.17) is 25.8 Å². The van der Waals surface area contributed by atoms with Crippen molar-refractivity contribution in [2.24, 2.45) is 0 Å². The summed E-state index contributed by atoms with van der Waals surface area (Å²) in [4.78, 5) is 27.1. The number of ether oxygens (including phenoxy) is 3. The number of nitrogens with zero attached hydrogens (tertiary/aromatic N) is 1. The Morgan fingerprint density at radius 1 is 0.923 bits per heavy atom. The van der Waals surface area contributed by atoms with E-state index >= 15 is 0 Å². The summed E-state index contributed by atoms with van der Waals surface area (Å²) in [5.74, 6) is 1.03. The third-order valence-electron chi connectivity index (χ3n) is 5.73. The van der Waals surface area contributed by atoms with Crippen molar-refractivity contribution in [2.75, 3.05) is 32.1 Å². The molecule has 1 unspecified atom stereocenters. The molecule has 3 rings (SSSR count). The van der Waals surface area contributed by atoms with E-state index in [0.29, 0.717) is 36.2 Å². The highest BCUT2D eigenvalue weighted by Gasteiger charge is 2.18. The van der Waals surface area contributed by atoms with Gasteiger partial charge in [0, 0.05) is 29.5 Å².